The van der Waals surface area contributed by atoms with Crippen LogP contribution in [-0.4, -0.2) is 44.5 Å². The molecule has 2 aromatic rings. The number of ether oxygens (including phenoxy) is 5. The molecule has 0 unspecified atom stereocenters. The number of carbonyl (C=O) groups is 2. The molecule has 3 aliphatic rings. The molecule has 0 bridgehead atoms. The third kappa shape index (κ3) is 2.56. The van der Waals surface area contributed by atoms with Crippen LogP contribution in [0.4, 0.5) is 0 Å². The van der Waals surface area contributed by atoms with Crippen molar-refractivity contribution in [2.75, 3.05) is 27.6 Å². The van der Waals surface area contributed by atoms with Gasteiger partial charge in [-0.05, 0) is 35.4 Å². The molecular formula is C22H20O8. The molecule has 3 atom stereocenters. The number of esters is 1. The lowest BCUT2D eigenvalue weighted by Gasteiger charge is -2.33. The standard InChI is InChI=1S/C22H20O8/c1-26-17-4-10(3-11(7-23)21(17)27-2)18-12-5-15-16(30-9-29-15)6-13(12)20(24)14-8-28-22(25)19(14)18/h3-6,14,18-19,23H,7-9H2,1-2H3/t14-,18+,19-/m0/s1. The molecule has 8 heteroatoms. The summed E-state index contributed by atoms with van der Waals surface area (Å²) in [6, 6.07) is 6.99. The Balaban J connectivity index is 1.75. The van der Waals surface area contributed by atoms with Crippen LogP contribution in [0.3, 0.4) is 0 Å². The van der Waals surface area contributed by atoms with Gasteiger partial charge in [0, 0.05) is 17.0 Å². The SMILES string of the molecule is COc1cc([C@@H]2c3cc4c(cc3C(=O)[C@H]3COC(=O)[C@H]23)OCO4)cc(CO)c1OC. The van der Waals surface area contributed by atoms with E-state index in [-0.39, 0.29) is 25.8 Å². The van der Waals surface area contributed by atoms with Crippen LogP contribution in [0.1, 0.15) is 33.0 Å². The molecular weight excluding hydrogens is 392 g/mol. The van der Waals surface area contributed by atoms with Gasteiger partial charge in [0.2, 0.25) is 6.79 Å². The maximum atomic E-state index is 13.2. The summed E-state index contributed by atoms with van der Waals surface area (Å²) in [4.78, 5) is 25.8. The summed E-state index contributed by atoms with van der Waals surface area (Å²) in [6.45, 7) is -0.143. The number of fused-ring (bicyclic) bond motifs is 3. The second-order valence-corrected chi connectivity index (χ2v) is 7.47. The zero-order valence-corrected chi connectivity index (χ0v) is 16.5. The van der Waals surface area contributed by atoms with Crippen molar-refractivity contribution >= 4 is 11.8 Å². The summed E-state index contributed by atoms with van der Waals surface area (Å²) in [5.74, 6) is -0.394. The number of ketones is 1. The third-order valence-electron chi connectivity index (χ3n) is 6.06. The first-order valence-corrected chi connectivity index (χ1v) is 9.57. The minimum absolute atomic E-state index is 0.0485. The van der Waals surface area contributed by atoms with Gasteiger partial charge in [0.05, 0.1) is 32.7 Å². The second kappa shape index (κ2) is 6.91. The lowest BCUT2D eigenvalue weighted by molar-refractivity contribution is -0.141. The highest BCUT2D eigenvalue weighted by molar-refractivity contribution is 6.05. The molecule has 2 heterocycles. The van der Waals surface area contributed by atoms with Crippen LogP contribution >= 0.6 is 0 Å². The van der Waals surface area contributed by atoms with E-state index in [9.17, 15) is 14.7 Å². The zero-order valence-electron chi connectivity index (χ0n) is 16.5. The predicted molar refractivity (Wildman–Crippen MR) is 102 cm³/mol. The summed E-state index contributed by atoms with van der Waals surface area (Å²) in [7, 11) is 3.00. The van der Waals surface area contributed by atoms with Crippen LogP contribution < -0.4 is 18.9 Å². The Morgan fingerprint density at radius 2 is 1.80 bits per heavy atom. The minimum atomic E-state index is -0.671. The van der Waals surface area contributed by atoms with Crippen LogP contribution in [0, 0.1) is 11.8 Å². The highest BCUT2D eigenvalue weighted by Crippen LogP contribution is 2.51. The number of carbonyl (C=O) groups excluding carboxylic acids is 2. The van der Waals surface area contributed by atoms with Gasteiger partial charge in [-0.15, -0.1) is 0 Å². The minimum Gasteiger partial charge on any atom is -0.493 e. The van der Waals surface area contributed by atoms with Gasteiger partial charge in [-0.2, -0.15) is 0 Å². The van der Waals surface area contributed by atoms with Crippen LogP contribution in [0.25, 0.3) is 0 Å². The number of methoxy groups -OCH3 is 2. The Morgan fingerprint density at radius 1 is 1.03 bits per heavy atom. The summed E-state index contributed by atoms with van der Waals surface area (Å²) < 4.78 is 27.1. The molecule has 0 saturated carbocycles. The van der Waals surface area contributed by atoms with Crippen molar-refractivity contribution in [3.05, 3.63) is 46.5 Å². The van der Waals surface area contributed by atoms with Crippen molar-refractivity contribution in [3.63, 3.8) is 0 Å². The molecule has 0 amide bonds. The fraction of sp³-hybridized carbons (Fsp3) is 0.364. The predicted octanol–water partition coefficient (Wildman–Crippen LogP) is 2.04. The average Bonchev–Trinajstić information content (AvgIpc) is 3.38. The van der Waals surface area contributed by atoms with E-state index in [4.69, 9.17) is 23.7 Å². The van der Waals surface area contributed by atoms with Gasteiger partial charge < -0.3 is 28.8 Å². The maximum absolute atomic E-state index is 13.2. The Kier molecular flexibility index (Phi) is 4.32. The van der Waals surface area contributed by atoms with E-state index >= 15 is 0 Å². The van der Waals surface area contributed by atoms with Gasteiger partial charge in [-0.3, -0.25) is 9.59 Å². The fourth-order valence-electron chi connectivity index (χ4n) is 4.72. The second-order valence-electron chi connectivity index (χ2n) is 7.47. The molecule has 0 aromatic heterocycles. The molecule has 30 heavy (non-hydrogen) atoms. The fourth-order valence-corrected chi connectivity index (χ4v) is 4.72. The van der Waals surface area contributed by atoms with Crippen molar-refractivity contribution in [1.82, 2.24) is 0 Å². The van der Waals surface area contributed by atoms with Crippen LogP contribution in [0.15, 0.2) is 24.3 Å². The van der Waals surface area contributed by atoms with Crippen LogP contribution in [0.2, 0.25) is 0 Å². The first-order chi connectivity index (χ1) is 14.6. The van der Waals surface area contributed by atoms with Gasteiger partial charge in [0.25, 0.3) is 0 Å². The molecule has 5 rings (SSSR count). The van der Waals surface area contributed by atoms with Crippen LogP contribution in [-0.2, 0) is 16.1 Å². The number of Topliss-reactive ketones (excluding diaryl/α,β-unsaturated/α-hetero) is 1. The van der Waals surface area contributed by atoms with Crippen LogP contribution in [0.5, 0.6) is 23.0 Å². The molecule has 1 N–H and O–H groups in total. The van der Waals surface area contributed by atoms with E-state index in [0.717, 1.165) is 5.56 Å². The van der Waals surface area contributed by atoms with Crippen molar-refractivity contribution in [3.8, 4) is 23.0 Å². The van der Waals surface area contributed by atoms with Gasteiger partial charge in [0.1, 0.15) is 6.61 Å². The highest BCUT2D eigenvalue weighted by atomic mass is 16.7. The average molecular weight is 412 g/mol. The van der Waals surface area contributed by atoms with Crippen molar-refractivity contribution < 1.29 is 38.4 Å². The lowest BCUT2D eigenvalue weighted by atomic mass is 9.66. The van der Waals surface area contributed by atoms with E-state index < -0.39 is 23.7 Å². The van der Waals surface area contributed by atoms with Gasteiger partial charge >= 0.3 is 5.97 Å². The Bertz CT molecular complexity index is 1030. The number of rotatable bonds is 4. The normalized spacial score (nSPS) is 23.6. The summed E-state index contributed by atoms with van der Waals surface area (Å²) in [6.07, 6.45) is 0. The van der Waals surface area contributed by atoms with Crippen molar-refractivity contribution in [2.45, 2.75) is 12.5 Å². The van der Waals surface area contributed by atoms with Gasteiger partial charge in [-0.1, -0.05) is 0 Å². The quantitative estimate of drug-likeness (QED) is 0.762. The smallest absolute Gasteiger partial charge is 0.310 e. The summed E-state index contributed by atoms with van der Waals surface area (Å²) in [5.41, 5.74) is 2.40. The maximum Gasteiger partial charge on any atom is 0.310 e. The number of aliphatic hydroxyl groups is 1. The Hall–Kier alpha value is -3.26. The lowest BCUT2D eigenvalue weighted by Crippen LogP contribution is -2.36. The topological polar surface area (TPSA) is 101 Å². The Labute approximate surface area is 172 Å². The molecule has 0 spiro atoms. The number of benzene rings is 2. The molecule has 8 nitrogen and oxygen atoms in total. The van der Waals surface area contributed by atoms with E-state index in [0.29, 0.717) is 39.7 Å². The molecule has 0 radical (unpaired) electrons. The Morgan fingerprint density at radius 3 is 2.50 bits per heavy atom. The molecule has 2 aromatic carbocycles. The summed E-state index contributed by atoms with van der Waals surface area (Å²) >= 11 is 0. The third-order valence-corrected chi connectivity index (χ3v) is 6.06. The molecule has 1 fully saturated rings. The van der Waals surface area contributed by atoms with E-state index in [2.05, 4.69) is 0 Å². The number of hydrogen-bond acceptors (Lipinski definition) is 8. The number of cyclic esters (lactones) is 1. The zero-order chi connectivity index (χ0) is 21.0. The number of hydrogen-bond donors (Lipinski definition) is 1. The number of aliphatic hydroxyl groups excluding tert-OH is 1. The van der Waals surface area contributed by atoms with Crippen molar-refractivity contribution in [2.24, 2.45) is 11.8 Å². The van der Waals surface area contributed by atoms with E-state index in [1.807, 2.05) is 0 Å². The molecule has 1 saturated heterocycles. The molecule has 156 valence electrons. The highest BCUT2D eigenvalue weighted by Gasteiger charge is 2.52. The van der Waals surface area contributed by atoms with Gasteiger partial charge in [0.15, 0.2) is 28.8 Å². The van der Waals surface area contributed by atoms with E-state index in [1.54, 1.807) is 24.3 Å². The monoisotopic (exact) mass is 412 g/mol. The molecule has 2 aliphatic heterocycles. The first kappa shape index (κ1) is 18.7. The van der Waals surface area contributed by atoms with Crippen molar-refractivity contribution in [1.29, 1.82) is 0 Å². The summed E-state index contributed by atoms with van der Waals surface area (Å²) in [5, 5.41) is 9.88. The van der Waals surface area contributed by atoms with Gasteiger partial charge in [-0.25, -0.2) is 0 Å². The molecule has 1 aliphatic carbocycles. The van der Waals surface area contributed by atoms with E-state index in [1.165, 1.54) is 14.2 Å². The largest absolute Gasteiger partial charge is 0.493 e. The first-order valence-electron chi connectivity index (χ1n) is 9.57.